The zero-order valence-corrected chi connectivity index (χ0v) is 20.5. The first-order chi connectivity index (χ1) is 16.3. The Kier molecular flexibility index (Phi) is 6.40. The summed E-state index contributed by atoms with van der Waals surface area (Å²) in [5.41, 5.74) is 0.893. The van der Waals surface area contributed by atoms with Gasteiger partial charge in [-0.15, -0.1) is 0 Å². The van der Waals surface area contributed by atoms with E-state index < -0.39 is 11.1 Å². The van der Waals surface area contributed by atoms with Gasteiger partial charge in [0.2, 0.25) is 0 Å². The van der Waals surface area contributed by atoms with Gasteiger partial charge in [0.15, 0.2) is 0 Å². The van der Waals surface area contributed by atoms with Gasteiger partial charge in [-0.2, -0.15) is 5.26 Å². The van der Waals surface area contributed by atoms with Gasteiger partial charge in [0, 0.05) is 10.0 Å². The van der Waals surface area contributed by atoms with Gasteiger partial charge in [0.25, 0.3) is 0 Å². The van der Waals surface area contributed by atoms with E-state index in [1.54, 1.807) is 42.5 Å². The van der Waals surface area contributed by atoms with E-state index in [1.807, 2.05) is 45.0 Å². The molecular weight excluding hydrogens is 469 g/mol. The summed E-state index contributed by atoms with van der Waals surface area (Å²) in [5, 5.41) is 10.6. The summed E-state index contributed by atoms with van der Waals surface area (Å²) in [6.07, 6.45) is 2.12. The number of rotatable bonds is 6. The standard InChI is InChI=1S/C27H22Cl2N3O2/c1-4-34-24-15-18(16-30)5-14-23(24)25-31-26(2,19-6-10-21(28)11-7-19)27(3,32(25)17-33)20-8-12-22(29)13-9-20/h5-15H,4H2,1-3H3. The minimum absolute atomic E-state index is 0.392. The van der Waals surface area contributed by atoms with Gasteiger partial charge < -0.3 is 4.74 Å². The fourth-order valence-corrected chi connectivity index (χ4v) is 4.72. The van der Waals surface area contributed by atoms with E-state index in [0.717, 1.165) is 11.1 Å². The molecule has 0 bridgehead atoms. The topological polar surface area (TPSA) is 65.7 Å². The Balaban J connectivity index is 2.01. The molecule has 5 nitrogen and oxygen atoms in total. The first-order valence-corrected chi connectivity index (χ1v) is 11.5. The van der Waals surface area contributed by atoms with Crippen LogP contribution < -0.4 is 4.74 Å². The summed E-state index contributed by atoms with van der Waals surface area (Å²) in [6, 6.07) is 22.0. The molecular formula is C27H22Cl2N3O2. The number of carbonyl (C=O) groups excluding carboxylic acids is 1. The summed E-state index contributed by atoms with van der Waals surface area (Å²) in [7, 11) is 0. The quantitative estimate of drug-likeness (QED) is 0.411. The van der Waals surface area contributed by atoms with Gasteiger partial charge in [-0.05, 0) is 74.4 Å². The van der Waals surface area contributed by atoms with Gasteiger partial charge in [-0.25, -0.2) is 0 Å². The van der Waals surface area contributed by atoms with Crippen LogP contribution in [0.5, 0.6) is 5.75 Å². The average Bonchev–Trinajstić information content (AvgIpc) is 3.08. The van der Waals surface area contributed by atoms with Crippen LogP contribution in [0.25, 0.3) is 0 Å². The number of nitriles is 1. The van der Waals surface area contributed by atoms with E-state index in [-0.39, 0.29) is 0 Å². The zero-order chi connectivity index (χ0) is 24.5. The summed E-state index contributed by atoms with van der Waals surface area (Å²) >= 11 is 12.3. The minimum atomic E-state index is -0.958. The highest BCUT2D eigenvalue weighted by molar-refractivity contribution is 6.30. The molecule has 2 unspecified atom stereocenters. The van der Waals surface area contributed by atoms with Crippen molar-refractivity contribution in [3.63, 3.8) is 0 Å². The minimum Gasteiger partial charge on any atom is -0.493 e. The number of benzene rings is 3. The molecule has 1 radical (unpaired) electrons. The molecule has 0 saturated heterocycles. The van der Waals surface area contributed by atoms with Crippen molar-refractivity contribution in [1.29, 1.82) is 5.26 Å². The molecule has 0 aliphatic carbocycles. The van der Waals surface area contributed by atoms with Crippen molar-refractivity contribution < 1.29 is 9.53 Å². The second kappa shape index (κ2) is 9.13. The molecule has 1 amide bonds. The molecule has 7 heteroatoms. The molecule has 0 aromatic heterocycles. The molecule has 0 saturated carbocycles. The van der Waals surface area contributed by atoms with Crippen LogP contribution in [0.4, 0.5) is 0 Å². The highest BCUT2D eigenvalue weighted by Crippen LogP contribution is 2.53. The van der Waals surface area contributed by atoms with Crippen LogP contribution in [-0.2, 0) is 15.9 Å². The van der Waals surface area contributed by atoms with Crippen LogP contribution in [0.3, 0.4) is 0 Å². The number of ether oxygens (including phenoxy) is 1. The van der Waals surface area contributed by atoms with Crippen molar-refractivity contribution in [2.75, 3.05) is 6.61 Å². The fourth-order valence-electron chi connectivity index (χ4n) is 4.47. The highest BCUT2D eigenvalue weighted by Gasteiger charge is 2.58. The predicted octanol–water partition coefficient (Wildman–Crippen LogP) is 6.22. The fraction of sp³-hybridized carbons (Fsp3) is 0.222. The number of amides is 1. The lowest BCUT2D eigenvalue weighted by Gasteiger charge is -2.43. The van der Waals surface area contributed by atoms with Crippen LogP contribution in [-0.4, -0.2) is 23.8 Å². The Morgan fingerprint density at radius 1 is 0.971 bits per heavy atom. The van der Waals surface area contributed by atoms with Gasteiger partial charge in [-0.1, -0.05) is 47.5 Å². The van der Waals surface area contributed by atoms with Crippen molar-refractivity contribution in [3.05, 3.63) is 99.0 Å². The van der Waals surface area contributed by atoms with Crippen LogP contribution in [0.2, 0.25) is 10.0 Å². The number of halogens is 2. The molecule has 1 aliphatic rings. The van der Waals surface area contributed by atoms with Gasteiger partial charge in [0.05, 0.1) is 23.8 Å². The number of aliphatic imine (C=N–C) groups is 1. The number of nitrogens with zero attached hydrogens (tertiary/aromatic N) is 3. The van der Waals surface area contributed by atoms with Crippen LogP contribution in [0, 0.1) is 11.3 Å². The van der Waals surface area contributed by atoms with Gasteiger partial charge in [0.1, 0.15) is 22.7 Å². The molecule has 0 spiro atoms. The Hall–Kier alpha value is -3.33. The molecule has 0 N–H and O–H groups in total. The van der Waals surface area contributed by atoms with Gasteiger partial charge in [-0.3, -0.25) is 14.7 Å². The third kappa shape index (κ3) is 3.73. The van der Waals surface area contributed by atoms with Crippen LogP contribution in [0.15, 0.2) is 71.7 Å². The van der Waals surface area contributed by atoms with E-state index in [9.17, 15) is 10.1 Å². The Morgan fingerprint density at radius 3 is 2.09 bits per heavy atom. The SMILES string of the molecule is CCOc1cc(C#N)ccc1C1=NC(C)(c2ccc(Cl)cc2)C(C)(c2ccc(Cl)cc2)N1[C]=O. The summed E-state index contributed by atoms with van der Waals surface area (Å²) in [6.45, 7) is 6.18. The maximum Gasteiger partial charge on any atom is 0.319 e. The molecule has 0 fully saturated rings. The maximum absolute atomic E-state index is 12.6. The number of hydrogen-bond acceptors (Lipinski definition) is 4. The molecule has 1 heterocycles. The third-order valence-electron chi connectivity index (χ3n) is 6.49. The van der Waals surface area contributed by atoms with Crippen LogP contribution >= 0.6 is 23.2 Å². The normalized spacial score (nSPS) is 21.6. The summed E-state index contributed by atoms with van der Waals surface area (Å²) < 4.78 is 5.84. The average molecular weight is 491 g/mol. The predicted molar refractivity (Wildman–Crippen MR) is 134 cm³/mol. The highest BCUT2D eigenvalue weighted by atomic mass is 35.5. The third-order valence-corrected chi connectivity index (χ3v) is 7.00. The maximum atomic E-state index is 12.6. The monoisotopic (exact) mass is 490 g/mol. The van der Waals surface area contributed by atoms with E-state index in [4.69, 9.17) is 32.9 Å². The molecule has 3 aromatic carbocycles. The van der Waals surface area contributed by atoms with Crippen molar-refractivity contribution in [3.8, 4) is 11.8 Å². The molecule has 2 atom stereocenters. The first-order valence-electron chi connectivity index (χ1n) is 10.8. The second-order valence-corrected chi connectivity index (χ2v) is 9.15. The van der Waals surface area contributed by atoms with Crippen molar-refractivity contribution in [2.24, 2.45) is 4.99 Å². The molecule has 34 heavy (non-hydrogen) atoms. The molecule has 4 rings (SSSR count). The second-order valence-electron chi connectivity index (χ2n) is 8.28. The molecule has 3 aromatic rings. The first kappa shape index (κ1) is 23.8. The van der Waals surface area contributed by atoms with E-state index >= 15 is 0 Å². The van der Waals surface area contributed by atoms with Crippen molar-refractivity contribution in [1.82, 2.24) is 4.90 Å². The molecule has 171 valence electrons. The lowest BCUT2D eigenvalue weighted by atomic mass is 9.71. The van der Waals surface area contributed by atoms with E-state index in [1.165, 1.54) is 4.90 Å². The molecule has 1 aliphatic heterocycles. The summed E-state index contributed by atoms with van der Waals surface area (Å²) in [4.78, 5) is 19.2. The van der Waals surface area contributed by atoms with Crippen molar-refractivity contribution in [2.45, 2.75) is 31.8 Å². The summed E-state index contributed by atoms with van der Waals surface area (Å²) in [5.74, 6) is 0.872. The lowest BCUT2D eigenvalue weighted by Crippen LogP contribution is -2.52. The Morgan fingerprint density at radius 2 is 1.56 bits per heavy atom. The number of amidine groups is 1. The van der Waals surface area contributed by atoms with E-state index in [2.05, 4.69) is 12.5 Å². The van der Waals surface area contributed by atoms with Gasteiger partial charge >= 0.3 is 6.41 Å². The largest absolute Gasteiger partial charge is 0.493 e. The lowest BCUT2D eigenvalue weighted by molar-refractivity contribution is 0.179. The Bertz CT molecular complexity index is 1300. The smallest absolute Gasteiger partial charge is 0.319 e. The van der Waals surface area contributed by atoms with E-state index in [0.29, 0.717) is 39.4 Å². The Labute approximate surface area is 209 Å². The van der Waals surface area contributed by atoms with Crippen molar-refractivity contribution >= 4 is 35.4 Å². The number of hydrogen-bond donors (Lipinski definition) is 0. The zero-order valence-electron chi connectivity index (χ0n) is 19.0. The van der Waals surface area contributed by atoms with Crippen LogP contribution in [0.1, 0.15) is 43.0 Å².